The third kappa shape index (κ3) is 5.23. The predicted octanol–water partition coefficient (Wildman–Crippen LogP) is 3.10. The molecule has 6 heteroatoms. The second-order valence-corrected chi connectivity index (χ2v) is 7.03. The summed E-state index contributed by atoms with van der Waals surface area (Å²) in [6.07, 6.45) is 1.23. The van der Waals surface area contributed by atoms with Crippen molar-refractivity contribution in [2.75, 3.05) is 19.8 Å². The van der Waals surface area contributed by atoms with Crippen molar-refractivity contribution in [1.29, 1.82) is 0 Å². The summed E-state index contributed by atoms with van der Waals surface area (Å²) in [4.78, 5) is 24.1. The number of carbonyl (C=O) groups excluding carboxylic acids is 2. The molecule has 27 heavy (non-hydrogen) atoms. The van der Waals surface area contributed by atoms with Gasteiger partial charge in [0.2, 0.25) is 0 Å². The fraction of sp³-hybridized carbons (Fsp3) is 0.333. The van der Waals surface area contributed by atoms with E-state index in [2.05, 4.69) is 5.32 Å². The summed E-state index contributed by atoms with van der Waals surface area (Å²) in [5.74, 6) is -0.445. The second kappa shape index (κ2) is 8.91. The van der Waals surface area contributed by atoms with E-state index >= 15 is 0 Å². The minimum Gasteiger partial charge on any atom is -0.492 e. The van der Waals surface area contributed by atoms with Crippen LogP contribution in [0.4, 0.5) is 0 Å². The van der Waals surface area contributed by atoms with Crippen LogP contribution in [0.25, 0.3) is 0 Å². The van der Waals surface area contributed by atoms with E-state index in [1.165, 1.54) is 11.1 Å². The van der Waals surface area contributed by atoms with Crippen molar-refractivity contribution in [3.8, 4) is 5.75 Å². The molecule has 0 radical (unpaired) electrons. The van der Waals surface area contributed by atoms with Crippen LogP contribution in [-0.2, 0) is 27.2 Å². The topological polar surface area (TPSA) is 64.6 Å². The molecule has 0 aromatic heterocycles. The first-order chi connectivity index (χ1) is 13.0. The molecule has 0 aliphatic carbocycles. The summed E-state index contributed by atoms with van der Waals surface area (Å²) >= 11 is 5.98. The molecular formula is C21H22ClNO4. The van der Waals surface area contributed by atoms with Crippen LogP contribution in [0.1, 0.15) is 16.7 Å². The summed E-state index contributed by atoms with van der Waals surface area (Å²) in [6, 6.07) is 13.4. The zero-order chi connectivity index (χ0) is 19.2. The quantitative estimate of drug-likeness (QED) is 0.773. The molecule has 1 aliphatic rings. The van der Waals surface area contributed by atoms with E-state index in [4.69, 9.17) is 21.1 Å². The maximum atomic E-state index is 12.2. The van der Waals surface area contributed by atoms with E-state index in [-0.39, 0.29) is 19.1 Å². The third-order valence-corrected chi connectivity index (χ3v) is 4.82. The van der Waals surface area contributed by atoms with Crippen LogP contribution in [0.2, 0.25) is 5.02 Å². The average Bonchev–Trinajstić information content (AvgIpc) is 2.67. The van der Waals surface area contributed by atoms with Crippen LogP contribution in [0, 0.1) is 12.8 Å². The number of hydrogen-bond acceptors (Lipinski definition) is 4. The van der Waals surface area contributed by atoms with Crippen molar-refractivity contribution >= 4 is 23.5 Å². The lowest BCUT2D eigenvalue weighted by atomic mass is 9.97. The first-order valence-electron chi connectivity index (χ1n) is 8.92. The van der Waals surface area contributed by atoms with Crippen LogP contribution in [0.3, 0.4) is 0 Å². The van der Waals surface area contributed by atoms with Crippen molar-refractivity contribution in [1.82, 2.24) is 5.32 Å². The molecule has 1 atom stereocenters. The Morgan fingerprint density at radius 2 is 2.07 bits per heavy atom. The number of rotatable bonds is 6. The molecule has 142 valence electrons. The Balaban J connectivity index is 1.41. The number of halogens is 1. The van der Waals surface area contributed by atoms with Gasteiger partial charge in [-0.25, -0.2) is 0 Å². The molecule has 1 N–H and O–H groups in total. The normalized spacial score (nSPS) is 15.4. The number of aryl methyl sites for hydroxylation is 1. The minimum absolute atomic E-state index is 0.238. The Morgan fingerprint density at radius 3 is 2.89 bits per heavy atom. The SMILES string of the molecule is Cc1ccccc1CCNC(=O)COC(=O)[C@@H]1COc2ccc(Cl)cc2C1. The Hall–Kier alpha value is -2.53. The smallest absolute Gasteiger partial charge is 0.313 e. The van der Waals surface area contributed by atoms with Crippen molar-refractivity contribution in [2.45, 2.75) is 19.8 Å². The molecule has 3 rings (SSSR count). The number of benzene rings is 2. The van der Waals surface area contributed by atoms with Crippen molar-refractivity contribution in [2.24, 2.45) is 5.92 Å². The summed E-state index contributed by atoms with van der Waals surface area (Å²) < 4.78 is 10.7. The van der Waals surface area contributed by atoms with Gasteiger partial charge in [-0.2, -0.15) is 0 Å². The van der Waals surface area contributed by atoms with Gasteiger partial charge in [-0.1, -0.05) is 35.9 Å². The fourth-order valence-electron chi connectivity index (χ4n) is 3.05. The summed E-state index contributed by atoms with van der Waals surface area (Å²) in [5, 5.41) is 3.37. The van der Waals surface area contributed by atoms with Crippen LogP contribution in [0.15, 0.2) is 42.5 Å². The third-order valence-electron chi connectivity index (χ3n) is 4.59. The average molecular weight is 388 g/mol. The van der Waals surface area contributed by atoms with Gasteiger partial charge in [0.05, 0.1) is 5.92 Å². The highest BCUT2D eigenvalue weighted by Crippen LogP contribution is 2.30. The molecule has 1 aliphatic heterocycles. The van der Waals surface area contributed by atoms with E-state index < -0.39 is 11.9 Å². The van der Waals surface area contributed by atoms with Crippen LogP contribution < -0.4 is 10.1 Å². The highest BCUT2D eigenvalue weighted by Gasteiger charge is 2.27. The van der Waals surface area contributed by atoms with E-state index in [0.717, 1.165) is 17.7 Å². The Bertz CT molecular complexity index is 837. The number of amides is 1. The van der Waals surface area contributed by atoms with Crippen LogP contribution >= 0.6 is 11.6 Å². The highest BCUT2D eigenvalue weighted by atomic mass is 35.5. The molecule has 0 saturated heterocycles. The number of ether oxygens (including phenoxy) is 2. The maximum Gasteiger partial charge on any atom is 0.313 e. The first-order valence-corrected chi connectivity index (χ1v) is 9.30. The molecule has 0 unspecified atom stereocenters. The second-order valence-electron chi connectivity index (χ2n) is 6.60. The molecular weight excluding hydrogens is 366 g/mol. The molecule has 0 fully saturated rings. The van der Waals surface area contributed by atoms with Gasteiger partial charge in [-0.05, 0) is 54.7 Å². The first kappa shape index (κ1) is 19.2. The lowest BCUT2D eigenvalue weighted by Crippen LogP contribution is -2.34. The lowest BCUT2D eigenvalue weighted by molar-refractivity contribution is -0.153. The number of nitrogens with one attached hydrogen (secondary N) is 1. The zero-order valence-corrected chi connectivity index (χ0v) is 15.9. The summed E-state index contributed by atoms with van der Waals surface area (Å²) in [7, 11) is 0. The number of esters is 1. The van der Waals surface area contributed by atoms with E-state index in [9.17, 15) is 9.59 Å². The van der Waals surface area contributed by atoms with Gasteiger partial charge < -0.3 is 14.8 Å². The molecule has 1 amide bonds. The largest absolute Gasteiger partial charge is 0.492 e. The summed E-state index contributed by atoms with van der Waals surface area (Å²) in [5.41, 5.74) is 3.25. The summed E-state index contributed by atoms with van der Waals surface area (Å²) in [6.45, 7) is 2.49. The van der Waals surface area contributed by atoms with Crippen molar-refractivity contribution < 1.29 is 19.1 Å². The van der Waals surface area contributed by atoms with Crippen molar-refractivity contribution in [3.63, 3.8) is 0 Å². The molecule has 2 aromatic carbocycles. The lowest BCUT2D eigenvalue weighted by Gasteiger charge is -2.24. The van der Waals surface area contributed by atoms with Gasteiger partial charge in [0.25, 0.3) is 5.91 Å². The van der Waals surface area contributed by atoms with Gasteiger partial charge in [0.1, 0.15) is 12.4 Å². The van der Waals surface area contributed by atoms with Gasteiger partial charge in [0, 0.05) is 11.6 Å². The Morgan fingerprint density at radius 1 is 1.26 bits per heavy atom. The maximum absolute atomic E-state index is 12.2. The molecule has 2 aromatic rings. The molecule has 1 heterocycles. The van der Waals surface area contributed by atoms with E-state index in [1.54, 1.807) is 18.2 Å². The van der Waals surface area contributed by atoms with Gasteiger partial charge in [0.15, 0.2) is 6.61 Å². The van der Waals surface area contributed by atoms with Crippen molar-refractivity contribution in [3.05, 3.63) is 64.2 Å². The predicted molar refractivity (Wildman–Crippen MR) is 103 cm³/mol. The van der Waals surface area contributed by atoms with Crippen LogP contribution in [-0.4, -0.2) is 31.6 Å². The Labute approximate surface area is 163 Å². The highest BCUT2D eigenvalue weighted by molar-refractivity contribution is 6.30. The zero-order valence-electron chi connectivity index (χ0n) is 15.2. The monoisotopic (exact) mass is 387 g/mol. The number of fused-ring (bicyclic) bond motifs is 1. The number of carbonyl (C=O) groups is 2. The fourth-order valence-corrected chi connectivity index (χ4v) is 3.24. The minimum atomic E-state index is -0.435. The van der Waals surface area contributed by atoms with Gasteiger partial charge in [-0.15, -0.1) is 0 Å². The molecule has 5 nitrogen and oxygen atoms in total. The van der Waals surface area contributed by atoms with Crippen LogP contribution in [0.5, 0.6) is 5.75 Å². The van der Waals surface area contributed by atoms with Gasteiger partial charge in [-0.3, -0.25) is 9.59 Å². The van der Waals surface area contributed by atoms with E-state index in [0.29, 0.717) is 18.0 Å². The molecule has 0 bridgehead atoms. The molecule has 0 saturated carbocycles. The molecule has 0 spiro atoms. The standard InChI is InChI=1S/C21H22ClNO4/c1-14-4-2-3-5-15(14)8-9-23-20(24)13-27-21(25)17-10-16-11-18(22)6-7-19(16)26-12-17/h2-7,11,17H,8-10,12-13H2,1H3,(H,23,24)/t17-/m0/s1. The van der Waals surface area contributed by atoms with E-state index in [1.807, 2.05) is 31.2 Å². The number of hydrogen-bond donors (Lipinski definition) is 1. The van der Waals surface area contributed by atoms with Gasteiger partial charge >= 0.3 is 5.97 Å². The Kier molecular flexibility index (Phi) is 6.35.